The minimum Gasteiger partial charge on any atom is -0.309 e. The van der Waals surface area contributed by atoms with Crippen LogP contribution in [0.15, 0.2) is 60.7 Å². The van der Waals surface area contributed by atoms with Gasteiger partial charge in [-0.1, -0.05) is 17.7 Å². The molecule has 1 atom stereocenters. The molecular formula is C22H19ClN6. The minimum absolute atomic E-state index is 0.224. The van der Waals surface area contributed by atoms with Crippen LogP contribution in [0.5, 0.6) is 0 Å². The van der Waals surface area contributed by atoms with E-state index in [9.17, 15) is 0 Å². The molecule has 144 valence electrons. The van der Waals surface area contributed by atoms with E-state index in [0.717, 1.165) is 47.3 Å². The Morgan fingerprint density at radius 3 is 2.83 bits per heavy atom. The average molecular weight is 403 g/mol. The Hall–Kier alpha value is -2.99. The average Bonchev–Trinajstić information content (AvgIpc) is 3.32. The summed E-state index contributed by atoms with van der Waals surface area (Å²) in [4.78, 5) is 10.9. The third kappa shape index (κ3) is 2.86. The van der Waals surface area contributed by atoms with Crippen LogP contribution in [-0.2, 0) is 6.42 Å². The summed E-state index contributed by atoms with van der Waals surface area (Å²) in [5.41, 5.74) is 4.10. The monoisotopic (exact) mass is 402 g/mol. The summed E-state index contributed by atoms with van der Waals surface area (Å²) in [5, 5.41) is 9.41. The van der Waals surface area contributed by atoms with E-state index < -0.39 is 0 Å². The van der Waals surface area contributed by atoms with E-state index in [2.05, 4.69) is 55.6 Å². The largest absolute Gasteiger partial charge is 0.309 e. The van der Waals surface area contributed by atoms with Gasteiger partial charge in [-0.25, -0.2) is 9.97 Å². The zero-order valence-corrected chi connectivity index (χ0v) is 16.5. The van der Waals surface area contributed by atoms with Crippen molar-refractivity contribution < 1.29 is 0 Å². The maximum atomic E-state index is 6.77. The van der Waals surface area contributed by atoms with Gasteiger partial charge < -0.3 is 4.90 Å². The van der Waals surface area contributed by atoms with E-state index in [1.165, 1.54) is 18.4 Å². The highest BCUT2D eigenvalue weighted by Crippen LogP contribution is 2.38. The Labute approximate surface area is 173 Å². The highest BCUT2D eigenvalue weighted by Gasteiger charge is 2.29. The first-order valence-electron chi connectivity index (χ1n) is 9.96. The molecule has 3 aromatic rings. The summed E-state index contributed by atoms with van der Waals surface area (Å²) >= 11 is 6.77. The second kappa shape index (κ2) is 6.52. The van der Waals surface area contributed by atoms with Gasteiger partial charge in [-0.2, -0.15) is 0 Å². The van der Waals surface area contributed by atoms with E-state index in [4.69, 9.17) is 11.6 Å². The van der Waals surface area contributed by atoms with Crippen molar-refractivity contribution in [3.8, 4) is 0 Å². The number of halogens is 1. The summed E-state index contributed by atoms with van der Waals surface area (Å²) in [5.74, 6) is 2.48. The normalized spacial score (nSPS) is 20.7. The molecule has 2 aliphatic carbocycles. The lowest BCUT2D eigenvalue weighted by Gasteiger charge is -2.26. The lowest BCUT2D eigenvalue weighted by Crippen LogP contribution is -2.29. The van der Waals surface area contributed by atoms with Gasteiger partial charge in [0.05, 0.1) is 11.1 Å². The molecule has 0 aromatic carbocycles. The molecule has 1 aliphatic heterocycles. The quantitative estimate of drug-likeness (QED) is 0.653. The van der Waals surface area contributed by atoms with Crippen LogP contribution in [0.1, 0.15) is 30.7 Å². The number of allylic oxidation sites excluding steroid dienone is 2. The highest BCUT2D eigenvalue weighted by molar-refractivity contribution is 6.35. The van der Waals surface area contributed by atoms with Gasteiger partial charge >= 0.3 is 0 Å². The molecule has 0 bridgehead atoms. The van der Waals surface area contributed by atoms with Crippen molar-refractivity contribution in [3.05, 3.63) is 77.1 Å². The number of aromatic nitrogens is 5. The van der Waals surface area contributed by atoms with Crippen LogP contribution in [-0.4, -0.2) is 30.6 Å². The standard InChI is InChI=1S/C22H19ClN6/c23-20-17(7-11-29-19(12-14-2-3-14)26-27-21(20)29)15-4-5-18-16(13-15)6-10-28(18)22-24-8-1-9-25-22/h1,4,6-11,13-14,18H,2-3,5,12H2. The van der Waals surface area contributed by atoms with Crippen molar-refractivity contribution in [1.82, 2.24) is 24.6 Å². The second-order valence-corrected chi connectivity index (χ2v) is 8.21. The Kier molecular flexibility index (Phi) is 3.81. The summed E-state index contributed by atoms with van der Waals surface area (Å²) in [6.45, 7) is 0. The van der Waals surface area contributed by atoms with Crippen LogP contribution in [0, 0.1) is 5.92 Å². The van der Waals surface area contributed by atoms with E-state index >= 15 is 0 Å². The molecule has 29 heavy (non-hydrogen) atoms. The van der Waals surface area contributed by atoms with Crippen LogP contribution in [0.3, 0.4) is 0 Å². The summed E-state index contributed by atoms with van der Waals surface area (Å²) in [7, 11) is 0. The predicted molar refractivity (Wildman–Crippen MR) is 113 cm³/mol. The fourth-order valence-corrected chi connectivity index (χ4v) is 4.45. The first-order chi connectivity index (χ1) is 14.3. The van der Waals surface area contributed by atoms with Gasteiger partial charge in [-0.05, 0) is 60.6 Å². The van der Waals surface area contributed by atoms with Crippen molar-refractivity contribution in [2.75, 3.05) is 4.90 Å². The summed E-state index contributed by atoms with van der Waals surface area (Å²) in [6.07, 6.45) is 18.6. The molecule has 1 fully saturated rings. The van der Waals surface area contributed by atoms with Crippen molar-refractivity contribution in [2.24, 2.45) is 5.92 Å². The first-order valence-corrected chi connectivity index (χ1v) is 10.3. The Balaban J connectivity index is 1.31. The number of anilines is 1. The molecule has 1 unspecified atom stereocenters. The number of rotatable bonds is 4. The molecule has 6 rings (SSSR count). The van der Waals surface area contributed by atoms with Crippen molar-refractivity contribution in [1.29, 1.82) is 0 Å². The zero-order valence-electron chi connectivity index (χ0n) is 15.7. The first kappa shape index (κ1) is 16.9. The second-order valence-electron chi connectivity index (χ2n) is 7.83. The van der Waals surface area contributed by atoms with E-state index in [0.29, 0.717) is 5.02 Å². The van der Waals surface area contributed by atoms with Gasteiger partial charge in [-0.15, -0.1) is 10.2 Å². The molecule has 3 aromatic heterocycles. The molecule has 0 saturated heterocycles. The maximum absolute atomic E-state index is 6.77. The zero-order chi connectivity index (χ0) is 19.4. The van der Waals surface area contributed by atoms with Crippen LogP contribution in [0.4, 0.5) is 5.95 Å². The Morgan fingerprint density at radius 1 is 1.14 bits per heavy atom. The lowest BCUT2D eigenvalue weighted by atomic mass is 9.92. The molecule has 6 nitrogen and oxygen atoms in total. The van der Waals surface area contributed by atoms with Gasteiger partial charge in [0.25, 0.3) is 0 Å². The molecule has 0 N–H and O–H groups in total. The Morgan fingerprint density at radius 2 is 2.00 bits per heavy atom. The fraction of sp³-hybridized carbons (Fsp3) is 0.273. The summed E-state index contributed by atoms with van der Waals surface area (Å²) < 4.78 is 2.04. The molecule has 7 heteroatoms. The van der Waals surface area contributed by atoms with E-state index in [1.807, 2.05) is 16.7 Å². The number of pyridine rings is 1. The molecule has 0 spiro atoms. The molecule has 1 saturated carbocycles. The minimum atomic E-state index is 0.224. The van der Waals surface area contributed by atoms with Crippen molar-refractivity contribution in [3.63, 3.8) is 0 Å². The van der Waals surface area contributed by atoms with Crippen LogP contribution < -0.4 is 4.90 Å². The smallest absolute Gasteiger partial charge is 0.229 e. The fourth-order valence-electron chi connectivity index (χ4n) is 4.15. The van der Waals surface area contributed by atoms with Crippen molar-refractivity contribution in [2.45, 2.75) is 31.7 Å². The van der Waals surface area contributed by atoms with Gasteiger partial charge in [0.1, 0.15) is 5.82 Å². The van der Waals surface area contributed by atoms with Crippen LogP contribution in [0.2, 0.25) is 5.02 Å². The summed E-state index contributed by atoms with van der Waals surface area (Å²) in [6, 6.07) is 4.13. The Bertz CT molecular complexity index is 1190. The number of nitrogens with zero attached hydrogens (tertiary/aromatic N) is 6. The molecule has 4 heterocycles. The lowest BCUT2D eigenvalue weighted by molar-refractivity contribution is 0.757. The third-order valence-electron chi connectivity index (χ3n) is 5.88. The van der Waals surface area contributed by atoms with E-state index in [1.54, 1.807) is 12.4 Å². The number of fused-ring (bicyclic) bond motifs is 2. The maximum Gasteiger partial charge on any atom is 0.229 e. The molecular weight excluding hydrogens is 384 g/mol. The van der Waals surface area contributed by atoms with Crippen LogP contribution >= 0.6 is 11.6 Å². The van der Waals surface area contributed by atoms with Gasteiger partial charge in [0, 0.05) is 36.8 Å². The molecule has 3 aliphatic rings. The number of hydrogen-bond acceptors (Lipinski definition) is 5. The van der Waals surface area contributed by atoms with E-state index in [-0.39, 0.29) is 6.04 Å². The topological polar surface area (TPSA) is 59.2 Å². The molecule has 0 radical (unpaired) electrons. The van der Waals surface area contributed by atoms with Crippen LogP contribution in [0.25, 0.3) is 11.2 Å². The highest BCUT2D eigenvalue weighted by atomic mass is 35.5. The predicted octanol–water partition coefficient (Wildman–Crippen LogP) is 4.24. The third-order valence-corrected chi connectivity index (χ3v) is 6.26. The number of hydrogen-bond donors (Lipinski definition) is 0. The SMILES string of the molecule is Clc1c(C2=CCC3C(=C2)C=CN3c2ncccn2)ccn2c(CC3CC3)nnc12. The molecule has 0 amide bonds. The van der Waals surface area contributed by atoms with Gasteiger partial charge in [-0.3, -0.25) is 4.40 Å². The van der Waals surface area contributed by atoms with Gasteiger partial charge in [0.15, 0.2) is 5.65 Å². The van der Waals surface area contributed by atoms with Crippen molar-refractivity contribution >= 4 is 28.8 Å². The van der Waals surface area contributed by atoms with Gasteiger partial charge in [0.2, 0.25) is 5.95 Å².